The summed E-state index contributed by atoms with van der Waals surface area (Å²) >= 11 is 0. The third kappa shape index (κ3) is 3.33. The minimum atomic E-state index is -0.436. The number of amides is 1. The van der Waals surface area contributed by atoms with Crippen molar-refractivity contribution in [3.8, 4) is 35.6 Å². The Balaban J connectivity index is 1.42. The second-order valence-corrected chi connectivity index (χ2v) is 6.95. The molecule has 0 radical (unpaired) electrons. The molecule has 1 N–H and O–H groups in total. The first kappa shape index (κ1) is 19.4. The smallest absolute Gasteiger partial charge is 0.263 e. The number of carbonyl (C=O) groups excluding carboxylic acids is 1. The van der Waals surface area contributed by atoms with Crippen molar-refractivity contribution < 1.29 is 9.53 Å². The van der Waals surface area contributed by atoms with Crippen molar-refractivity contribution in [3.05, 3.63) is 54.4 Å². The summed E-state index contributed by atoms with van der Waals surface area (Å²) in [7, 11) is 1.44. The number of pyridine rings is 1. The van der Waals surface area contributed by atoms with Crippen LogP contribution in [0, 0.1) is 12.3 Å². The number of carbonyl (C=O) groups is 1. The maximum absolute atomic E-state index is 12.9. The lowest BCUT2D eigenvalue weighted by atomic mass is 10.2. The zero-order valence-corrected chi connectivity index (χ0v) is 17.0. The van der Waals surface area contributed by atoms with Gasteiger partial charge in [-0.2, -0.15) is 0 Å². The molecule has 1 aliphatic rings. The number of rotatable bonds is 5. The number of hydrogen-bond acceptors (Lipinski definition) is 8. The Bertz CT molecular complexity index is 1340. The number of hydrogen-bond donors (Lipinski definition) is 1. The van der Waals surface area contributed by atoms with E-state index in [1.807, 2.05) is 4.57 Å². The Kier molecular flexibility index (Phi) is 4.79. The summed E-state index contributed by atoms with van der Waals surface area (Å²) in [5, 5.41) is 15.5. The molecular formula is C21H17N9O2. The Hall–Kier alpha value is -4.59. The van der Waals surface area contributed by atoms with E-state index in [1.54, 1.807) is 24.4 Å². The van der Waals surface area contributed by atoms with Crippen LogP contribution in [0.4, 0.5) is 5.82 Å². The van der Waals surface area contributed by atoms with E-state index in [4.69, 9.17) is 11.2 Å². The molecule has 0 unspecified atom stereocenters. The molecule has 0 saturated carbocycles. The molecule has 4 aromatic rings. The number of aromatic nitrogens is 8. The summed E-state index contributed by atoms with van der Waals surface area (Å²) in [6, 6.07) is 5.15. The fourth-order valence-electron chi connectivity index (χ4n) is 3.55. The third-order valence-electron chi connectivity index (χ3n) is 5.03. The van der Waals surface area contributed by atoms with Crippen molar-refractivity contribution in [2.75, 3.05) is 12.4 Å². The fraction of sp³-hybridized carbons (Fsp3) is 0.190. The molecule has 1 aliphatic heterocycles. The molecule has 0 spiro atoms. The molecule has 0 aliphatic carbocycles. The summed E-state index contributed by atoms with van der Waals surface area (Å²) in [5.41, 5.74) is 0.784. The first-order valence-electron chi connectivity index (χ1n) is 9.76. The molecule has 1 amide bonds. The molecule has 5 rings (SSSR count). The molecule has 0 saturated heterocycles. The first-order chi connectivity index (χ1) is 15.7. The predicted molar refractivity (Wildman–Crippen MR) is 113 cm³/mol. The van der Waals surface area contributed by atoms with Gasteiger partial charge in [0.1, 0.15) is 22.9 Å². The SMILES string of the molecule is C#C[C@H]1CCc2nnc(-c3cccc(NC(=O)c4cn(-c5cnccn5)nc4OC)n3)n21. The average molecular weight is 427 g/mol. The Morgan fingerprint density at radius 1 is 1.31 bits per heavy atom. The van der Waals surface area contributed by atoms with Crippen molar-refractivity contribution in [3.63, 3.8) is 0 Å². The van der Waals surface area contributed by atoms with Gasteiger partial charge in [0.25, 0.3) is 5.91 Å². The number of terminal acetylenes is 1. The van der Waals surface area contributed by atoms with Crippen LogP contribution in [0.1, 0.15) is 28.6 Å². The average Bonchev–Trinajstić information content (AvgIpc) is 3.54. The van der Waals surface area contributed by atoms with Gasteiger partial charge in [0.05, 0.1) is 19.3 Å². The fourth-order valence-corrected chi connectivity index (χ4v) is 3.55. The summed E-state index contributed by atoms with van der Waals surface area (Å²) < 4.78 is 8.60. The lowest BCUT2D eigenvalue weighted by molar-refractivity contribution is 0.102. The molecular weight excluding hydrogens is 410 g/mol. The predicted octanol–water partition coefficient (Wildman–Crippen LogP) is 1.70. The van der Waals surface area contributed by atoms with E-state index in [0.717, 1.165) is 18.7 Å². The molecule has 158 valence electrons. The molecule has 0 bridgehead atoms. The van der Waals surface area contributed by atoms with E-state index in [2.05, 4.69) is 41.5 Å². The van der Waals surface area contributed by atoms with Crippen LogP contribution < -0.4 is 10.1 Å². The number of fused-ring (bicyclic) bond motifs is 1. The van der Waals surface area contributed by atoms with E-state index in [1.165, 1.54) is 30.4 Å². The van der Waals surface area contributed by atoms with Crippen LogP contribution in [0.3, 0.4) is 0 Å². The molecule has 32 heavy (non-hydrogen) atoms. The molecule has 11 nitrogen and oxygen atoms in total. The zero-order chi connectivity index (χ0) is 22.1. The van der Waals surface area contributed by atoms with Gasteiger partial charge in [-0.1, -0.05) is 12.0 Å². The van der Waals surface area contributed by atoms with E-state index >= 15 is 0 Å². The van der Waals surface area contributed by atoms with Gasteiger partial charge in [-0.3, -0.25) is 14.3 Å². The highest BCUT2D eigenvalue weighted by Crippen LogP contribution is 2.30. The van der Waals surface area contributed by atoms with Crippen LogP contribution in [-0.4, -0.2) is 52.5 Å². The van der Waals surface area contributed by atoms with Crippen LogP contribution in [0.15, 0.2) is 43.0 Å². The van der Waals surface area contributed by atoms with Crippen molar-refractivity contribution >= 4 is 11.7 Å². The molecule has 5 heterocycles. The zero-order valence-electron chi connectivity index (χ0n) is 17.0. The van der Waals surface area contributed by atoms with Crippen LogP contribution >= 0.6 is 0 Å². The summed E-state index contributed by atoms with van der Waals surface area (Å²) in [6.07, 6.45) is 13.4. The highest BCUT2D eigenvalue weighted by Gasteiger charge is 2.27. The van der Waals surface area contributed by atoms with Crippen molar-refractivity contribution in [2.24, 2.45) is 0 Å². The summed E-state index contributed by atoms with van der Waals surface area (Å²) in [5.74, 6) is 4.68. The Labute approximate surface area is 182 Å². The third-order valence-corrected chi connectivity index (χ3v) is 5.03. The van der Waals surface area contributed by atoms with Gasteiger partial charge in [-0.15, -0.1) is 21.7 Å². The van der Waals surface area contributed by atoms with Crippen molar-refractivity contribution in [1.29, 1.82) is 0 Å². The van der Waals surface area contributed by atoms with Crippen LogP contribution in [-0.2, 0) is 6.42 Å². The van der Waals surface area contributed by atoms with Gasteiger partial charge in [0.2, 0.25) is 5.88 Å². The van der Waals surface area contributed by atoms with Crippen LogP contribution in [0.25, 0.3) is 17.3 Å². The van der Waals surface area contributed by atoms with E-state index < -0.39 is 5.91 Å². The minimum absolute atomic E-state index is 0.105. The largest absolute Gasteiger partial charge is 0.479 e. The highest BCUT2D eigenvalue weighted by atomic mass is 16.5. The minimum Gasteiger partial charge on any atom is -0.479 e. The van der Waals surface area contributed by atoms with Crippen molar-refractivity contribution in [1.82, 2.24) is 39.5 Å². The maximum Gasteiger partial charge on any atom is 0.263 e. The Morgan fingerprint density at radius 2 is 2.22 bits per heavy atom. The first-order valence-corrected chi connectivity index (χ1v) is 9.76. The number of aryl methyl sites for hydroxylation is 1. The molecule has 11 heteroatoms. The number of methoxy groups -OCH3 is 1. The quantitative estimate of drug-likeness (QED) is 0.477. The standard InChI is InChI=1S/C21H17N9O2/c1-3-13-7-8-17-26-27-19(30(13)17)15-5-4-6-16(24-15)25-20(31)14-12-29(28-21(14)32-2)18-11-22-9-10-23-18/h1,4-6,9-13H,7-8H2,2H3,(H,24,25,31)/t13-/m0/s1. The van der Waals surface area contributed by atoms with Crippen LogP contribution in [0.2, 0.25) is 0 Å². The number of anilines is 1. The number of nitrogens with one attached hydrogen (secondary N) is 1. The monoisotopic (exact) mass is 427 g/mol. The lowest BCUT2D eigenvalue weighted by Crippen LogP contribution is -2.14. The second kappa shape index (κ2) is 7.92. The van der Waals surface area contributed by atoms with Gasteiger partial charge in [0, 0.05) is 25.0 Å². The van der Waals surface area contributed by atoms with Gasteiger partial charge in [-0.05, 0) is 18.6 Å². The maximum atomic E-state index is 12.9. The van der Waals surface area contributed by atoms with Gasteiger partial charge in [0.15, 0.2) is 11.6 Å². The topological polar surface area (TPSA) is 126 Å². The number of ether oxygens (including phenoxy) is 1. The molecule has 0 aromatic carbocycles. The van der Waals surface area contributed by atoms with Gasteiger partial charge in [-0.25, -0.2) is 14.6 Å². The van der Waals surface area contributed by atoms with Gasteiger partial charge >= 0.3 is 0 Å². The van der Waals surface area contributed by atoms with Crippen molar-refractivity contribution in [2.45, 2.75) is 18.9 Å². The summed E-state index contributed by atoms with van der Waals surface area (Å²) in [6.45, 7) is 0. The number of nitrogens with zero attached hydrogens (tertiary/aromatic N) is 8. The highest BCUT2D eigenvalue weighted by molar-refractivity contribution is 6.05. The normalized spacial score (nSPS) is 14.6. The van der Waals surface area contributed by atoms with Crippen LogP contribution in [0.5, 0.6) is 5.88 Å². The second-order valence-electron chi connectivity index (χ2n) is 6.95. The Morgan fingerprint density at radius 3 is 3.00 bits per heavy atom. The van der Waals surface area contributed by atoms with E-state index in [9.17, 15) is 4.79 Å². The molecule has 1 atom stereocenters. The molecule has 4 aromatic heterocycles. The van der Waals surface area contributed by atoms with E-state index in [0.29, 0.717) is 23.2 Å². The van der Waals surface area contributed by atoms with Gasteiger partial charge < -0.3 is 10.1 Å². The lowest BCUT2D eigenvalue weighted by Gasteiger charge is -2.10. The molecule has 0 fully saturated rings. The summed E-state index contributed by atoms with van der Waals surface area (Å²) in [4.78, 5) is 25.7. The van der Waals surface area contributed by atoms with E-state index in [-0.39, 0.29) is 17.5 Å².